The number of ether oxygens (including phenoxy) is 1. The van der Waals surface area contributed by atoms with Crippen LogP contribution >= 0.6 is 0 Å². The fraction of sp³-hybridized carbons (Fsp3) is 0.167. The number of nitrogens with one attached hydrogen (secondary N) is 2. The second-order valence-electron chi connectivity index (χ2n) is 4.14. The van der Waals surface area contributed by atoms with Gasteiger partial charge in [-0.3, -0.25) is 5.10 Å². The molecular formula is C12H14N4O4S. The highest BCUT2D eigenvalue weighted by molar-refractivity contribution is 7.89. The number of hydrogen-bond donors (Lipinski definition) is 3. The SMILES string of the molecule is COC(=O)C(NS(=O)(=O)c1cn[nH]c1N)c1ccccc1. The molecule has 0 spiro atoms. The number of carbonyl (C=O) groups excluding carboxylic acids is 1. The lowest BCUT2D eigenvalue weighted by molar-refractivity contribution is -0.142. The van der Waals surface area contributed by atoms with Gasteiger partial charge in [-0.15, -0.1) is 0 Å². The average molecular weight is 310 g/mol. The van der Waals surface area contributed by atoms with E-state index in [9.17, 15) is 13.2 Å². The summed E-state index contributed by atoms with van der Waals surface area (Å²) in [5, 5.41) is 5.87. The molecule has 21 heavy (non-hydrogen) atoms. The Morgan fingerprint density at radius 3 is 2.57 bits per heavy atom. The number of methoxy groups -OCH3 is 1. The van der Waals surface area contributed by atoms with E-state index < -0.39 is 22.0 Å². The highest BCUT2D eigenvalue weighted by Crippen LogP contribution is 2.20. The number of nitrogens with two attached hydrogens (primary N) is 1. The molecule has 0 amide bonds. The molecule has 0 aliphatic carbocycles. The summed E-state index contributed by atoms with van der Waals surface area (Å²) >= 11 is 0. The van der Waals surface area contributed by atoms with E-state index in [4.69, 9.17) is 5.73 Å². The van der Waals surface area contributed by atoms with E-state index in [1.807, 2.05) is 0 Å². The van der Waals surface area contributed by atoms with Gasteiger partial charge in [0.25, 0.3) is 0 Å². The number of aromatic nitrogens is 2. The van der Waals surface area contributed by atoms with Gasteiger partial charge in [0.05, 0.1) is 13.3 Å². The molecule has 8 nitrogen and oxygen atoms in total. The summed E-state index contributed by atoms with van der Waals surface area (Å²) < 4.78 is 31.4. The molecule has 2 aromatic rings. The van der Waals surface area contributed by atoms with Crippen LogP contribution in [0.2, 0.25) is 0 Å². The zero-order chi connectivity index (χ0) is 15.5. The normalized spacial score (nSPS) is 12.8. The van der Waals surface area contributed by atoms with Crippen molar-refractivity contribution in [2.24, 2.45) is 0 Å². The third kappa shape index (κ3) is 3.20. The molecule has 2 rings (SSSR count). The molecule has 1 aromatic carbocycles. The molecule has 9 heteroatoms. The highest BCUT2D eigenvalue weighted by Gasteiger charge is 2.29. The fourth-order valence-corrected chi connectivity index (χ4v) is 2.93. The van der Waals surface area contributed by atoms with Gasteiger partial charge in [-0.25, -0.2) is 13.2 Å². The van der Waals surface area contributed by atoms with Gasteiger partial charge >= 0.3 is 5.97 Å². The molecule has 1 unspecified atom stereocenters. The number of carbonyl (C=O) groups is 1. The number of aromatic amines is 1. The van der Waals surface area contributed by atoms with Crippen molar-refractivity contribution < 1.29 is 17.9 Å². The molecule has 0 radical (unpaired) electrons. The van der Waals surface area contributed by atoms with Crippen molar-refractivity contribution in [2.75, 3.05) is 12.8 Å². The molecule has 0 bridgehead atoms. The van der Waals surface area contributed by atoms with E-state index >= 15 is 0 Å². The van der Waals surface area contributed by atoms with E-state index in [2.05, 4.69) is 19.7 Å². The lowest BCUT2D eigenvalue weighted by Gasteiger charge is -2.16. The lowest BCUT2D eigenvalue weighted by atomic mass is 10.1. The van der Waals surface area contributed by atoms with E-state index in [-0.39, 0.29) is 10.7 Å². The molecule has 0 aliphatic rings. The van der Waals surface area contributed by atoms with Crippen LogP contribution in [-0.2, 0) is 19.6 Å². The Morgan fingerprint density at radius 1 is 1.38 bits per heavy atom. The minimum Gasteiger partial charge on any atom is -0.468 e. The summed E-state index contributed by atoms with van der Waals surface area (Å²) in [5.41, 5.74) is 5.95. The number of nitrogens with zero attached hydrogens (tertiary/aromatic N) is 1. The van der Waals surface area contributed by atoms with Crippen molar-refractivity contribution in [1.82, 2.24) is 14.9 Å². The van der Waals surface area contributed by atoms with Crippen LogP contribution in [-0.4, -0.2) is 31.7 Å². The van der Waals surface area contributed by atoms with Crippen LogP contribution in [0.3, 0.4) is 0 Å². The van der Waals surface area contributed by atoms with Crippen LogP contribution in [0.4, 0.5) is 5.82 Å². The summed E-state index contributed by atoms with van der Waals surface area (Å²) in [5.74, 6) is -0.842. The topological polar surface area (TPSA) is 127 Å². The van der Waals surface area contributed by atoms with Crippen LogP contribution in [0.1, 0.15) is 11.6 Å². The van der Waals surface area contributed by atoms with E-state index in [0.29, 0.717) is 5.56 Å². The standard InChI is InChI=1S/C12H14N4O4S/c1-20-12(17)10(8-5-3-2-4-6-8)16-21(18,19)9-7-14-15-11(9)13/h2-7,10,16H,1H3,(H3,13,14,15). The first-order valence-electron chi connectivity index (χ1n) is 5.89. The zero-order valence-electron chi connectivity index (χ0n) is 11.1. The minimum atomic E-state index is -4.02. The smallest absolute Gasteiger partial charge is 0.328 e. The summed E-state index contributed by atoms with van der Waals surface area (Å²) in [6.07, 6.45) is 1.07. The van der Waals surface area contributed by atoms with Gasteiger partial charge in [0.2, 0.25) is 10.0 Å². The molecule has 0 saturated heterocycles. The average Bonchev–Trinajstić information content (AvgIpc) is 2.92. The van der Waals surface area contributed by atoms with Crippen molar-refractivity contribution in [3.63, 3.8) is 0 Å². The fourth-order valence-electron chi connectivity index (χ4n) is 1.73. The second kappa shape index (κ2) is 5.94. The first kappa shape index (κ1) is 15.0. The molecular weight excluding hydrogens is 296 g/mol. The predicted molar refractivity (Wildman–Crippen MR) is 74.5 cm³/mol. The molecule has 1 atom stereocenters. The Hall–Kier alpha value is -2.39. The Balaban J connectivity index is 2.36. The molecule has 1 aromatic heterocycles. The third-order valence-corrected chi connectivity index (χ3v) is 4.21. The van der Waals surface area contributed by atoms with Crippen LogP contribution in [0, 0.1) is 0 Å². The highest BCUT2D eigenvalue weighted by atomic mass is 32.2. The van der Waals surface area contributed by atoms with Gasteiger partial charge in [-0.2, -0.15) is 9.82 Å². The minimum absolute atomic E-state index is 0.112. The maximum atomic E-state index is 12.3. The maximum Gasteiger partial charge on any atom is 0.328 e. The second-order valence-corrected chi connectivity index (χ2v) is 5.82. The van der Waals surface area contributed by atoms with Gasteiger partial charge in [-0.05, 0) is 5.56 Å². The Bertz CT molecular complexity index is 727. The van der Waals surface area contributed by atoms with Gasteiger partial charge in [-0.1, -0.05) is 30.3 Å². The molecule has 0 aliphatic heterocycles. The van der Waals surface area contributed by atoms with Crippen molar-refractivity contribution in [1.29, 1.82) is 0 Å². The van der Waals surface area contributed by atoms with E-state index in [1.165, 1.54) is 7.11 Å². The Morgan fingerprint density at radius 2 is 2.05 bits per heavy atom. The molecule has 1 heterocycles. The largest absolute Gasteiger partial charge is 0.468 e. The van der Waals surface area contributed by atoms with E-state index in [1.54, 1.807) is 30.3 Å². The monoisotopic (exact) mass is 310 g/mol. The number of sulfonamides is 1. The molecule has 4 N–H and O–H groups in total. The maximum absolute atomic E-state index is 12.3. The zero-order valence-corrected chi connectivity index (χ0v) is 11.9. The van der Waals surface area contributed by atoms with Gasteiger partial charge in [0.15, 0.2) is 0 Å². The molecule has 0 saturated carbocycles. The number of hydrogen-bond acceptors (Lipinski definition) is 6. The summed E-state index contributed by atoms with van der Waals surface area (Å²) in [6.45, 7) is 0. The van der Waals surface area contributed by atoms with Crippen molar-refractivity contribution in [3.8, 4) is 0 Å². The number of anilines is 1. The van der Waals surface area contributed by atoms with Gasteiger partial charge in [0.1, 0.15) is 16.8 Å². The van der Waals surface area contributed by atoms with Crippen molar-refractivity contribution in [2.45, 2.75) is 10.9 Å². The van der Waals surface area contributed by atoms with Crippen molar-refractivity contribution >= 4 is 21.8 Å². The van der Waals surface area contributed by atoms with Crippen LogP contribution in [0.15, 0.2) is 41.4 Å². The summed E-state index contributed by atoms with van der Waals surface area (Å²) in [4.78, 5) is 11.6. The Kier molecular flexibility index (Phi) is 4.24. The molecule has 0 fully saturated rings. The van der Waals surface area contributed by atoms with Crippen LogP contribution < -0.4 is 10.5 Å². The lowest BCUT2D eigenvalue weighted by Crippen LogP contribution is -2.34. The van der Waals surface area contributed by atoms with E-state index in [0.717, 1.165) is 6.20 Å². The summed E-state index contributed by atoms with van der Waals surface area (Å²) in [6, 6.07) is 7.18. The number of esters is 1. The third-order valence-electron chi connectivity index (χ3n) is 2.76. The summed E-state index contributed by atoms with van der Waals surface area (Å²) in [7, 11) is -2.84. The van der Waals surface area contributed by atoms with Gasteiger partial charge < -0.3 is 10.5 Å². The molecule has 112 valence electrons. The first-order chi connectivity index (χ1) is 9.95. The number of rotatable bonds is 5. The van der Waals surface area contributed by atoms with Crippen LogP contribution in [0.25, 0.3) is 0 Å². The van der Waals surface area contributed by atoms with Crippen LogP contribution in [0.5, 0.6) is 0 Å². The number of nitrogen functional groups attached to an aromatic ring is 1. The van der Waals surface area contributed by atoms with Gasteiger partial charge in [0, 0.05) is 0 Å². The number of benzene rings is 1. The first-order valence-corrected chi connectivity index (χ1v) is 7.38. The number of H-pyrrole nitrogens is 1. The quantitative estimate of drug-likeness (QED) is 0.676. The Labute approximate surface area is 121 Å². The van der Waals surface area contributed by atoms with Crippen molar-refractivity contribution in [3.05, 3.63) is 42.1 Å². The predicted octanol–water partition coefficient (Wildman–Crippen LogP) is 0.185.